The van der Waals surface area contributed by atoms with Crippen molar-refractivity contribution in [3.8, 4) is 0 Å². The van der Waals surface area contributed by atoms with Crippen LogP contribution in [-0.4, -0.2) is 43.3 Å². The molecule has 0 aromatic carbocycles. The van der Waals surface area contributed by atoms with Crippen molar-refractivity contribution in [2.75, 3.05) is 26.3 Å². The minimum absolute atomic E-state index is 0.107. The Labute approximate surface area is 104 Å². The Bertz CT molecular complexity index is 264. The van der Waals surface area contributed by atoms with E-state index in [9.17, 15) is 4.79 Å². The predicted octanol–water partition coefficient (Wildman–Crippen LogP) is 1.85. The summed E-state index contributed by atoms with van der Waals surface area (Å²) >= 11 is 0. The summed E-state index contributed by atoms with van der Waals surface area (Å²) in [5, 5.41) is 3.12. The smallest absolute Gasteiger partial charge is 0.317 e. The number of piperidine rings is 1. The second kappa shape index (κ2) is 5.71. The van der Waals surface area contributed by atoms with Gasteiger partial charge in [-0.15, -0.1) is 0 Å². The molecule has 98 valence electrons. The van der Waals surface area contributed by atoms with Gasteiger partial charge in [-0.2, -0.15) is 0 Å². The van der Waals surface area contributed by atoms with Crippen LogP contribution in [0.4, 0.5) is 4.79 Å². The molecule has 4 nitrogen and oxygen atoms in total. The fourth-order valence-corrected chi connectivity index (χ4v) is 2.72. The predicted molar refractivity (Wildman–Crippen MR) is 66.9 cm³/mol. The normalized spacial score (nSPS) is 31.3. The van der Waals surface area contributed by atoms with Crippen LogP contribution in [0.5, 0.6) is 0 Å². The van der Waals surface area contributed by atoms with E-state index in [0.29, 0.717) is 11.8 Å². The van der Waals surface area contributed by atoms with Crippen LogP contribution in [0.25, 0.3) is 0 Å². The van der Waals surface area contributed by atoms with E-state index in [1.54, 1.807) is 0 Å². The maximum absolute atomic E-state index is 12.1. The van der Waals surface area contributed by atoms with Crippen molar-refractivity contribution >= 4 is 6.03 Å². The van der Waals surface area contributed by atoms with E-state index < -0.39 is 0 Å². The van der Waals surface area contributed by atoms with Crippen LogP contribution in [0.15, 0.2) is 0 Å². The molecule has 0 aliphatic carbocycles. The van der Waals surface area contributed by atoms with Crippen molar-refractivity contribution in [3.05, 3.63) is 0 Å². The van der Waals surface area contributed by atoms with Gasteiger partial charge in [-0.3, -0.25) is 0 Å². The third-order valence-electron chi connectivity index (χ3n) is 3.97. The Hall–Kier alpha value is -0.770. The van der Waals surface area contributed by atoms with Crippen LogP contribution >= 0.6 is 0 Å². The van der Waals surface area contributed by atoms with Crippen LogP contribution in [0.1, 0.15) is 33.1 Å². The summed E-state index contributed by atoms with van der Waals surface area (Å²) < 4.78 is 5.36. The topological polar surface area (TPSA) is 41.6 Å². The van der Waals surface area contributed by atoms with Crippen LogP contribution in [0.3, 0.4) is 0 Å². The number of carbonyl (C=O) groups is 1. The van der Waals surface area contributed by atoms with Crippen molar-refractivity contribution < 1.29 is 9.53 Å². The first-order valence-corrected chi connectivity index (χ1v) is 6.80. The molecule has 2 aliphatic rings. The van der Waals surface area contributed by atoms with E-state index in [0.717, 1.165) is 39.1 Å². The van der Waals surface area contributed by atoms with Crippen LogP contribution in [0, 0.1) is 11.8 Å². The molecular formula is C13H24N2O2. The Morgan fingerprint density at radius 3 is 2.94 bits per heavy atom. The van der Waals surface area contributed by atoms with Gasteiger partial charge in [0, 0.05) is 31.7 Å². The molecule has 1 N–H and O–H groups in total. The third kappa shape index (κ3) is 3.35. The largest absolute Gasteiger partial charge is 0.381 e. The quantitative estimate of drug-likeness (QED) is 0.800. The minimum atomic E-state index is 0.107. The second-order valence-electron chi connectivity index (χ2n) is 5.56. The number of carbonyl (C=O) groups excluding carboxylic acids is 1. The summed E-state index contributed by atoms with van der Waals surface area (Å²) in [6.07, 6.45) is 3.45. The lowest BCUT2D eigenvalue weighted by Gasteiger charge is -2.32. The molecule has 2 fully saturated rings. The third-order valence-corrected chi connectivity index (χ3v) is 3.97. The molecule has 2 aliphatic heterocycles. The van der Waals surface area contributed by atoms with E-state index in [1.807, 2.05) is 4.90 Å². The molecule has 0 saturated carbocycles. The monoisotopic (exact) mass is 240 g/mol. The van der Waals surface area contributed by atoms with Gasteiger partial charge in [0.25, 0.3) is 0 Å². The average molecular weight is 240 g/mol. The number of nitrogens with zero attached hydrogens (tertiary/aromatic N) is 1. The van der Waals surface area contributed by atoms with Crippen LogP contribution in [-0.2, 0) is 4.74 Å². The molecular weight excluding hydrogens is 216 g/mol. The second-order valence-corrected chi connectivity index (χ2v) is 5.56. The van der Waals surface area contributed by atoms with Gasteiger partial charge in [-0.05, 0) is 32.1 Å². The van der Waals surface area contributed by atoms with E-state index >= 15 is 0 Å². The maximum atomic E-state index is 12.1. The maximum Gasteiger partial charge on any atom is 0.317 e. The average Bonchev–Trinajstić information content (AvgIpc) is 2.82. The highest BCUT2D eigenvalue weighted by atomic mass is 16.5. The molecule has 0 spiro atoms. The van der Waals surface area contributed by atoms with Gasteiger partial charge < -0.3 is 15.0 Å². The molecule has 2 heterocycles. The Morgan fingerprint density at radius 1 is 1.47 bits per heavy atom. The molecule has 4 heteroatoms. The number of urea groups is 1. The Balaban J connectivity index is 1.79. The summed E-state index contributed by atoms with van der Waals surface area (Å²) in [7, 11) is 0. The molecule has 0 aromatic rings. The van der Waals surface area contributed by atoms with Gasteiger partial charge in [-0.1, -0.05) is 6.92 Å². The molecule has 2 amide bonds. The number of ether oxygens (including phenoxy) is 1. The zero-order valence-corrected chi connectivity index (χ0v) is 10.9. The van der Waals surface area contributed by atoms with Crippen LogP contribution in [0.2, 0.25) is 0 Å². The molecule has 0 radical (unpaired) electrons. The van der Waals surface area contributed by atoms with Crippen molar-refractivity contribution in [2.45, 2.75) is 39.2 Å². The van der Waals surface area contributed by atoms with Gasteiger partial charge >= 0.3 is 6.03 Å². The highest BCUT2D eigenvalue weighted by Crippen LogP contribution is 2.18. The SMILES string of the molecule is CC1CCCN(C(=O)NC(C)C2CCOC2)C1. The number of rotatable bonds is 2. The Morgan fingerprint density at radius 2 is 2.29 bits per heavy atom. The highest BCUT2D eigenvalue weighted by molar-refractivity contribution is 5.74. The van der Waals surface area contributed by atoms with Gasteiger partial charge in [0.15, 0.2) is 0 Å². The van der Waals surface area contributed by atoms with Gasteiger partial charge in [-0.25, -0.2) is 4.79 Å². The van der Waals surface area contributed by atoms with E-state index in [1.165, 1.54) is 6.42 Å². The van der Waals surface area contributed by atoms with Crippen molar-refractivity contribution in [3.63, 3.8) is 0 Å². The molecule has 3 atom stereocenters. The molecule has 3 unspecified atom stereocenters. The lowest BCUT2D eigenvalue weighted by molar-refractivity contribution is 0.157. The molecule has 2 rings (SSSR count). The van der Waals surface area contributed by atoms with Gasteiger partial charge in [0.2, 0.25) is 0 Å². The summed E-state index contributed by atoms with van der Waals surface area (Å²) in [6.45, 7) is 7.74. The van der Waals surface area contributed by atoms with Gasteiger partial charge in [0.1, 0.15) is 0 Å². The first-order valence-electron chi connectivity index (χ1n) is 6.80. The number of hydrogen-bond donors (Lipinski definition) is 1. The van der Waals surface area contributed by atoms with Crippen molar-refractivity contribution in [1.82, 2.24) is 10.2 Å². The number of amides is 2. The summed E-state index contributed by atoms with van der Waals surface area (Å²) in [6, 6.07) is 0.332. The molecule has 17 heavy (non-hydrogen) atoms. The van der Waals surface area contributed by atoms with Crippen molar-refractivity contribution in [2.24, 2.45) is 11.8 Å². The summed E-state index contributed by atoms with van der Waals surface area (Å²) in [4.78, 5) is 14.0. The number of nitrogens with one attached hydrogen (secondary N) is 1. The fraction of sp³-hybridized carbons (Fsp3) is 0.923. The summed E-state index contributed by atoms with van der Waals surface area (Å²) in [5.74, 6) is 1.13. The summed E-state index contributed by atoms with van der Waals surface area (Å²) in [5.41, 5.74) is 0. The molecule has 0 aromatic heterocycles. The molecule has 2 saturated heterocycles. The lowest BCUT2D eigenvalue weighted by atomic mass is 10.00. The minimum Gasteiger partial charge on any atom is -0.381 e. The van der Waals surface area contributed by atoms with E-state index in [4.69, 9.17) is 4.74 Å². The zero-order chi connectivity index (χ0) is 12.3. The number of hydrogen-bond acceptors (Lipinski definition) is 2. The number of likely N-dealkylation sites (tertiary alicyclic amines) is 1. The van der Waals surface area contributed by atoms with E-state index in [2.05, 4.69) is 19.2 Å². The van der Waals surface area contributed by atoms with Crippen LogP contribution < -0.4 is 5.32 Å². The fourth-order valence-electron chi connectivity index (χ4n) is 2.72. The molecule has 0 bridgehead atoms. The lowest BCUT2D eigenvalue weighted by Crippen LogP contribution is -2.49. The highest BCUT2D eigenvalue weighted by Gasteiger charge is 2.26. The Kier molecular flexibility index (Phi) is 4.26. The standard InChI is InChI=1S/C13H24N2O2/c1-10-4-3-6-15(8-10)13(16)14-11(2)12-5-7-17-9-12/h10-12H,3-9H2,1-2H3,(H,14,16). The first-order chi connectivity index (χ1) is 8.16. The first kappa shape index (κ1) is 12.7. The zero-order valence-electron chi connectivity index (χ0n) is 10.9. The van der Waals surface area contributed by atoms with Gasteiger partial charge in [0.05, 0.1) is 6.61 Å². The van der Waals surface area contributed by atoms with Crippen molar-refractivity contribution in [1.29, 1.82) is 0 Å². The van der Waals surface area contributed by atoms with E-state index in [-0.39, 0.29) is 12.1 Å².